The zero-order valence-corrected chi connectivity index (χ0v) is 12.6. The van der Waals surface area contributed by atoms with Gasteiger partial charge in [-0.2, -0.15) is 4.98 Å². The van der Waals surface area contributed by atoms with Crippen LogP contribution >= 0.6 is 0 Å². The molecule has 9 nitrogen and oxygen atoms in total. The predicted octanol–water partition coefficient (Wildman–Crippen LogP) is 0.697. The van der Waals surface area contributed by atoms with Crippen LogP contribution in [0.2, 0.25) is 0 Å². The van der Waals surface area contributed by atoms with Crippen LogP contribution in [0.1, 0.15) is 19.0 Å². The van der Waals surface area contributed by atoms with E-state index in [1.807, 2.05) is 6.92 Å². The van der Waals surface area contributed by atoms with Gasteiger partial charge in [-0.1, -0.05) is 6.92 Å². The molecule has 1 aromatic heterocycles. The summed E-state index contributed by atoms with van der Waals surface area (Å²) in [6, 6.07) is 0. The Kier molecular flexibility index (Phi) is 5.82. The quantitative estimate of drug-likeness (QED) is 0.562. The van der Waals surface area contributed by atoms with Gasteiger partial charge < -0.3 is 15.5 Å². The van der Waals surface area contributed by atoms with Crippen molar-refractivity contribution in [2.75, 3.05) is 37.4 Å². The number of likely N-dealkylation sites (N-methyl/N-ethyl adjacent to an activating group) is 1. The number of hydrogen-bond acceptors (Lipinski definition) is 7. The van der Waals surface area contributed by atoms with Crippen LogP contribution in [-0.4, -0.2) is 48.0 Å². The Labute approximate surface area is 122 Å². The smallest absolute Gasteiger partial charge is 0.332 e. The lowest BCUT2D eigenvalue weighted by molar-refractivity contribution is -0.385. The fraction of sp³-hybridized carbons (Fsp3) is 0.583. The van der Waals surface area contributed by atoms with Crippen molar-refractivity contribution in [3.63, 3.8) is 0 Å². The predicted molar refractivity (Wildman–Crippen MR) is 79.5 cm³/mol. The van der Waals surface area contributed by atoms with Gasteiger partial charge in [-0.25, -0.2) is 4.98 Å². The van der Waals surface area contributed by atoms with Crippen LogP contribution in [0, 0.1) is 17.0 Å². The zero-order chi connectivity index (χ0) is 16.0. The van der Waals surface area contributed by atoms with Crippen LogP contribution in [0.4, 0.5) is 17.5 Å². The highest BCUT2D eigenvalue weighted by Gasteiger charge is 2.25. The molecule has 116 valence electrons. The van der Waals surface area contributed by atoms with Gasteiger partial charge in [-0.15, -0.1) is 0 Å². The van der Waals surface area contributed by atoms with Crippen LogP contribution in [0.3, 0.4) is 0 Å². The maximum absolute atomic E-state index is 11.7. The monoisotopic (exact) mass is 296 g/mol. The molecule has 0 saturated heterocycles. The van der Waals surface area contributed by atoms with Crippen molar-refractivity contribution >= 4 is 23.4 Å². The SMILES string of the molecule is CCCNC(=O)CN(C)c1nc(NC)nc(C)c1[N+](=O)[O-]. The molecule has 1 rings (SSSR count). The largest absolute Gasteiger partial charge is 0.357 e. The summed E-state index contributed by atoms with van der Waals surface area (Å²) < 4.78 is 0. The number of nitrogens with zero attached hydrogens (tertiary/aromatic N) is 4. The van der Waals surface area contributed by atoms with Crippen LogP contribution in [0.15, 0.2) is 0 Å². The first-order valence-electron chi connectivity index (χ1n) is 6.59. The molecule has 0 unspecified atom stereocenters. The zero-order valence-electron chi connectivity index (χ0n) is 12.6. The molecular formula is C12H20N6O3. The molecule has 0 aromatic carbocycles. The molecule has 1 heterocycles. The standard InChI is InChI=1S/C12H20N6O3/c1-5-6-14-9(19)7-17(4)11-10(18(20)21)8(2)15-12(13-3)16-11/h5-7H2,1-4H3,(H,14,19)(H,13,15,16). The van der Waals surface area contributed by atoms with Gasteiger partial charge in [-0.05, 0) is 13.3 Å². The molecule has 0 saturated carbocycles. The van der Waals surface area contributed by atoms with Gasteiger partial charge in [0.25, 0.3) is 0 Å². The molecule has 9 heteroatoms. The lowest BCUT2D eigenvalue weighted by Gasteiger charge is -2.18. The first-order valence-corrected chi connectivity index (χ1v) is 6.59. The van der Waals surface area contributed by atoms with E-state index in [-0.39, 0.29) is 35.6 Å². The average Bonchev–Trinajstić information content (AvgIpc) is 2.43. The van der Waals surface area contributed by atoms with E-state index in [1.54, 1.807) is 14.1 Å². The molecule has 0 bridgehead atoms. The van der Waals surface area contributed by atoms with E-state index in [9.17, 15) is 14.9 Å². The third-order valence-electron chi connectivity index (χ3n) is 2.76. The summed E-state index contributed by atoms with van der Waals surface area (Å²) in [6.07, 6.45) is 0.826. The third-order valence-corrected chi connectivity index (χ3v) is 2.76. The first kappa shape index (κ1) is 16.6. The Balaban J connectivity index is 3.06. The van der Waals surface area contributed by atoms with E-state index < -0.39 is 4.92 Å². The first-order chi connectivity index (χ1) is 9.90. The number of aromatic nitrogens is 2. The van der Waals surface area contributed by atoms with Crippen LogP contribution in [0.25, 0.3) is 0 Å². The molecule has 0 radical (unpaired) electrons. The van der Waals surface area contributed by atoms with Crippen molar-refractivity contribution < 1.29 is 9.72 Å². The Morgan fingerprint density at radius 2 is 2.10 bits per heavy atom. The van der Waals surface area contributed by atoms with E-state index >= 15 is 0 Å². The average molecular weight is 296 g/mol. The maximum atomic E-state index is 11.7. The van der Waals surface area contributed by atoms with E-state index in [0.717, 1.165) is 6.42 Å². The highest BCUT2D eigenvalue weighted by atomic mass is 16.6. The molecule has 0 aliphatic heterocycles. The minimum atomic E-state index is -0.537. The fourth-order valence-corrected chi connectivity index (χ4v) is 1.75. The fourth-order valence-electron chi connectivity index (χ4n) is 1.75. The third kappa shape index (κ3) is 4.26. The Hall–Kier alpha value is -2.45. The van der Waals surface area contributed by atoms with Gasteiger partial charge >= 0.3 is 5.69 Å². The Morgan fingerprint density at radius 3 is 2.62 bits per heavy atom. The second-order valence-electron chi connectivity index (χ2n) is 4.52. The van der Waals surface area contributed by atoms with Gasteiger partial charge in [0.05, 0.1) is 11.5 Å². The summed E-state index contributed by atoms with van der Waals surface area (Å²) in [5.41, 5.74) is 0.0509. The number of hydrogen-bond donors (Lipinski definition) is 2. The molecule has 0 aliphatic rings. The van der Waals surface area contributed by atoms with Gasteiger partial charge in [0.2, 0.25) is 17.7 Å². The minimum absolute atomic E-state index is 0.0134. The molecule has 21 heavy (non-hydrogen) atoms. The molecule has 0 spiro atoms. The van der Waals surface area contributed by atoms with Gasteiger partial charge in [0, 0.05) is 20.6 Å². The molecular weight excluding hydrogens is 276 g/mol. The summed E-state index contributed by atoms with van der Waals surface area (Å²) >= 11 is 0. The molecule has 1 aromatic rings. The summed E-state index contributed by atoms with van der Waals surface area (Å²) in [4.78, 5) is 31.9. The topological polar surface area (TPSA) is 113 Å². The Bertz CT molecular complexity index is 534. The minimum Gasteiger partial charge on any atom is -0.357 e. The van der Waals surface area contributed by atoms with Crippen LogP contribution < -0.4 is 15.5 Å². The van der Waals surface area contributed by atoms with E-state index in [4.69, 9.17) is 0 Å². The van der Waals surface area contributed by atoms with Crippen molar-refractivity contribution in [3.05, 3.63) is 15.8 Å². The highest BCUT2D eigenvalue weighted by molar-refractivity contribution is 5.82. The number of carbonyl (C=O) groups is 1. The van der Waals surface area contributed by atoms with Gasteiger partial charge in [0.15, 0.2) is 0 Å². The van der Waals surface area contributed by atoms with Crippen molar-refractivity contribution in [2.24, 2.45) is 0 Å². The molecule has 1 amide bonds. The molecule has 0 fully saturated rings. The van der Waals surface area contributed by atoms with Crippen LogP contribution in [0.5, 0.6) is 0 Å². The van der Waals surface area contributed by atoms with Crippen molar-refractivity contribution in [1.82, 2.24) is 15.3 Å². The molecule has 0 aliphatic carbocycles. The number of rotatable bonds is 7. The number of aryl methyl sites for hydroxylation is 1. The maximum Gasteiger partial charge on any atom is 0.332 e. The van der Waals surface area contributed by atoms with Gasteiger partial charge in [-0.3, -0.25) is 14.9 Å². The van der Waals surface area contributed by atoms with E-state index in [0.29, 0.717) is 6.54 Å². The van der Waals surface area contributed by atoms with Crippen LogP contribution in [-0.2, 0) is 4.79 Å². The lowest BCUT2D eigenvalue weighted by atomic mass is 10.3. The van der Waals surface area contributed by atoms with Crippen molar-refractivity contribution in [3.8, 4) is 0 Å². The highest BCUT2D eigenvalue weighted by Crippen LogP contribution is 2.28. The summed E-state index contributed by atoms with van der Waals surface area (Å²) in [6.45, 7) is 4.04. The van der Waals surface area contributed by atoms with E-state index in [1.165, 1.54) is 11.8 Å². The second-order valence-corrected chi connectivity index (χ2v) is 4.52. The van der Waals surface area contributed by atoms with E-state index in [2.05, 4.69) is 20.6 Å². The van der Waals surface area contributed by atoms with Gasteiger partial charge in [0.1, 0.15) is 5.69 Å². The Morgan fingerprint density at radius 1 is 1.43 bits per heavy atom. The second kappa shape index (κ2) is 7.36. The number of amides is 1. The van der Waals surface area contributed by atoms with Crippen molar-refractivity contribution in [2.45, 2.75) is 20.3 Å². The molecule has 2 N–H and O–H groups in total. The van der Waals surface area contributed by atoms with Crippen molar-refractivity contribution in [1.29, 1.82) is 0 Å². The summed E-state index contributed by atoms with van der Waals surface area (Å²) in [5.74, 6) is 0.174. The normalized spacial score (nSPS) is 10.1. The number of nitrogens with one attached hydrogen (secondary N) is 2. The number of anilines is 2. The number of carbonyl (C=O) groups excluding carboxylic acids is 1. The lowest BCUT2D eigenvalue weighted by Crippen LogP contribution is -2.36. The summed E-state index contributed by atoms with van der Waals surface area (Å²) in [7, 11) is 3.21. The molecule has 0 atom stereocenters. The summed E-state index contributed by atoms with van der Waals surface area (Å²) in [5, 5.41) is 16.6. The number of nitro groups is 1.